The molecule has 1 heterocycles. The quantitative estimate of drug-likeness (QED) is 0.518. The molecule has 0 aliphatic carbocycles. The highest BCUT2D eigenvalue weighted by Crippen LogP contribution is 2.55. The predicted octanol–water partition coefficient (Wildman–Crippen LogP) is 2.52. The van der Waals surface area contributed by atoms with Crippen molar-refractivity contribution in [3.8, 4) is 6.07 Å². The summed E-state index contributed by atoms with van der Waals surface area (Å²) in [5.74, 6) is 3.27. The van der Waals surface area contributed by atoms with Crippen molar-refractivity contribution in [2.45, 2.75) is 19.3 Å². The third-order valence-electron chi connectivity index (χ3n) is 2.12. The summed E-state index contributed by atoms with van der Waals surface area (Å²) < 4.78 is 4.29. The Morgan fingerprint density at radius 3 is 2.58 bits per heavy atom. The van der Waals surface area contributed by atoms with Crippen LogP contribution in [-0.2, 0) is 0 Å². The van der Waals surface area contributed by atoms with Crippen molar-refractivity contribution in [2.75, 3.05) is 17.3 Å². The van der Waals surface area contributed by atoms with Gasteiger partial charge in [0.1, 0.15) is 0 Å². The highest BCUT2D eigenvalue weighted by atomic mass is 32.3. The Morgan fingerprint density at radius 2 is 2.08 bits per heavy atom. The first-order chi connectivity index (χ1) is 5.83. The van der Waals surface area contributed by atoms with E-state index in [0.29, 0.717) is 6.42 Å². The van der Waals surface area contributed by atoms with Crippen molar-refractivity contribution in [1.82, 2.24) is 0 Å². The minimum atomic E-state index is -0.886. The molecule has 0 unspecified atom stereocenters. The normalized spacial score (nSPS) is 22.2. The topological polar surface area (TPSA) is 36.1 Å². The third-order valence-corrected chi connectivity index (χ3v) is 5.87. The summed E-state index contributed by atoms with van der Waals surface area (Å²) in [4.78, 5) is 0. The summed E-state index contributed by atoms with van der Waals surface area (Å²) in [5.41, 5.74) is 0. The second-order valence-corrected chi connectivity index (χ2v) is 6.50. The standard InChI is InChI=1S/C8H12N2S2/c9-4-3-7-12(10-8-11)5-1-2-6-12/h1-3,5-7H2. The van der Waals surface area contributed by atoms with Crippen LogP contribution in [0.3, 0.4) is 0 Å². The maximum atomic E-state index is 8.48. The van der Waals surface area contributed by atoms with Crippen LogP contribution >= 0.6 is 22.4 Å². The molecular weight excluding hydrogens is 188 g/mol. The lowest BCUT2D eigenvalue weighted by atomic mass is 10.4. The molecule has 0 atom stereocenters. The molecule has 1 aliphatic rings. The summed E-state index contributed by atoms with van der Waals surface area (Å²) in [6.07, 6.45) is 3.12. The number of rotatable bonds is 3. The van der Waals surface area contributed by atoms with Gasteiger partial charge >= 0.3 is 0 Å². The Morgan fingerprint density at radius 1 is 1.42 bits per heavy atom. The lowest BCUT2D eigenvalue weighted by Gasteiger charge is -2.27. The van der Waals surface area contributed by atoms with Crippen molar-refractivity contribution in [3.05, 3.63) is 0 Å². The molecule has 2 nitrogen and oxygen atoms in total. The predicted molar refractivity (Wildman–Crippen MR) is 56.7 cm³/mol. The van der Waals surface area contributed by atoms with E-state index in [1.165, 1.54) is 24.3 Å². The van der Waals surface area contributed by atoms with Gasteiger partial charge in [-0.1, -0.05) is 0 Å². The zero-order chi connectivity index (χ0) is 8.86. The van der Waals surface area contributed by atoms with Crippen LogP contribution in [0, 0.1) is 11.3 Å². The first kappa shape index (κ1) is 9.73. The molecule has 0 amide bonds. The summed E-state index contributed by atoms with van der Waals surface area (Å²) >= 11 is 4.63. The number of thiocarbonyl (C=S) groups is 1. The summed E-state index contributed by atoms with van der Waals surface area (Å²) in [7, 11) is -0.886. The van der Waals surface area contributed by atoms with E-state index < -0.39 is 10.2 Å². The Balaban J connectivity index is 2.59. The van der Waals surface area contributed by atoms with Crippen molar-refractivity contribution in [3.63, 3.8) is 0 Å². The van der Waals surface area contributed by atoms with E-state index in [1.54, 1.807) is 0 Å². The van der Waals surface area contributed by atoms with Crippen LogP contribution in [-0.4, -0.2) is 22.4 Å². The van der Waals surface area contributed by atoms with Gasteiger partial charge in [0.05, 0.1) is 11.2 Å². The van der Waals surface area contributed by atoms with Gasteiger partial charge in [-0.3, -0.25) is 0 Å². The summed E-state index contributed by atoms with van der Waals surface area (Å²) in [5, 5.41) is 11.0. The molecule has 4 heteroatoms. The maximum absolute atomic E-state index is 8.48. The van der Waals surface area contributed by atoms with Crippen LogP contribution in [0.4, 0.5) is 0 Å². The Labute approximate surface area is 80.1 Å². The molecule has 0 radical (unpaired) electrons. The van der Waals surface area contributed by atoms with Gasteiger partial charge in [-0.25, -0.2) is 0 Å². The third kappa shape index (κ3) is 2.31. The molecule has 66 valence electrons. The van der Waals surface area contributed by atoms with Gasteiger partial charge in [0.15, 0.2) is 0 Å². The molecular formula is C8H12N2S2. The maximum Gasteiger partial charge on any atom is 0.0700 e. The van der Waals surface area contributed by atoms with Gasteiger partial charge in [-0.2, -0.15) is 9.66 Å². The SMILES string of the molecule is N#CCCS1(N=C=S)CCCC1. The minimum Gasteiger partial charge on any atom is -0.198 e. The van der Waals surface area contributed by atoms with Gasteiger partial charge in [-0.05, 0) is 36.6 Å². The van der Waals surface area contributed by atoms with Crippen molar-refractivity contribution in [1.29, 1.82) is 5.26 Å². The van der Waals surface area contributed by atoms with Crippen LogP contribution in [0.1, 0.15) is 19.3 Å². The minimum absolute atomic E-state index is 0.621. The van der Waals surface area contributed by atoms with E-state index in [0.717, 1.165) is 5.75 Å². The average Bonchev–Trinajstić information content (AvgIpc) is 2.51. The smallest absolute Gasteiger partial charge is 0.0700 e. The van der Waals surface area contributed by atoms with Crippen LogP contribution in [0.5, 0.6) is 0 Å². The largest absolute Gasteiger partial charge is 0.198 e. The van der Waals surface area contributed by atoms with Crippen LogP contribution in [0.2, 0.25) is 0 Å². The van der Waals surface area contributed by atoms with E-state index in [-0.39, 0.29) is 0 Å². The fourth-order valence-electron chi connectivity index (χ4n) is 1.50. The van der Waals surface area contributed by atoms with E-state index in [4.69, 9.17) is 5.26 Å². The molecule has 0 N–H and O–H groups in total. The molecule has 0 aromatic rings. The molecule has 1 aliphatic heterocycles. The molecule has 0 saturated carbocycles. The van der Waals surface area contributed by atoms with E-state index in [1.807, 2.05) is 0 Å². The number of hydrogen-bond acceptors (Lipinski definition) is 3. The lowest BCUT2D eigenvalue weighted by molar-refractivity contribution is 0.949. The van der Waals surface area contributed by atoms with Crippen molar-refractivity contribution in [2.24, 2.45) is 4.40 Å². The average molecular weight is 200 g/mol. The highest BCUT2D eigenvalue weighted by Gasteiger charge is 2.26. The number of nitrogens with zero attached hydrogens (tertiary/aromatic N) is 2. The fraction of sp³-hybridized carbons (Fsp3) is 0.750. The van der Waals surface area contributed by atoms with Crippen LogP contribution in [0.15, 0.2) is 4.40 Å². The molecule has 12 heavy (non-hydrogen) atoms. The Kier molecular flexibility index (Phi) is 3.74. The monoisotopic (exact) mass is 200 g/mol. The van der Waals surface area contributed by atoms with Gasteiger partial charge in [0, 0.05) is 12.2 Å². The second kappa shape index (κ2) is 4.61. The zero-order valence-corrected chi connectivity index (χ0v) is 8.59. The van der Waals surface area contributed by atoms with Crippen molar-refractivity contribution < 1.29 is 0 Å². The number of isothiocyanates is 1. The van der Waals surface area contributed by atoms with E-state index in [9.17, 15) is 0 Å². The van der Waals surface area contributed by atoms with Gasteiger partial charge in [-0.15, -0.1) is 10.2 Å². The van der Waals surface area contributed by atoms with Crippen molar-refractivity contribution >= 4 is 27.6 Å². The van der Waals surface area contributed by atoms with Crippen LogP contribution < -0.4 is 0 Å². The summed E-state index contributed by atoms with van der Waals surface area (Å²) in [6, 6.07) is 2.18. The zero-order valence-electron chi connectivity index (χ0n) is 6.95. The molecule has 1 fully saturated rings. The Hall–Kier alpha value is -0.360. The molecule has 0 spiro atoms. The first-order valence-corrected chi connectivity index (χ1v) is 6.56. The Bertz CT molecular complexity index is 232. The van der Waals surface area contributed by atoms with Gasteiger partial charge < -0.3 is 0 Å². The molecule has 0 aromatic heterocycles. The van der Waals surface area contributed by atoms with E-state index in [2.05, 4.69) is 27.8 Å². The van der Waals surface area contributed by atoms with Crippen LogP contribution in [0.25, 0.3) is 0 Å². The first-order valence-electron chi connectivity index (χ1n) is 4.05. The van der Waals surface area contributed by atoms with E-state index >= 15 is 0 Å². The molecule has 0 bridgehead atoms. The second-order valence-electron chi connectivity index (χ2n) is 2.91. The summed E-state index contributed by atoms with van der Waals surface area (Å²) in [6.45, 7) is 0. The molecule has 0 aromatic carbocycles. The van der Waals surface area contributed by atoms with Gasteiger partial charge in [0.2, 0.25) is 0 Å². The van der Waals surface area contributed by atoms with Gasteiger partial charge in [0.25, 0.3) is 0 Å². The lowest BCUT2D eigenvalue weighted by Crippen LogP contribution is -2.03. The number of nitriles is 1. The number of hydrogen-bond donors (Lipinski definition) is 0. The fourth-order valence-corrected chi connectivity index (χ4v) is 4.97. The molecule has 1 rings (SSSR count). The highest BCUT2D eigenvalue weighted by molar-refractivity contribution is 8.33. The molecule has 1 saturated heterocycles.